The summed E-state index contributed by atoms with van der Waals surface area (Å²) in [5, 5.41) is 1.23. The maximum absolute atomic E-state index is 11.5. The van der Waals surface area contributed by atoms with Crippen LogP contribution in [0.25, 0.3) is 0 Å². The van der Waals surface area contributed by atoms with Crippen molar-refractivity contribution < 1.29 is 4.79 Å². The lowest BCUT2D eigenvalue weighted by Crippen LogP contribution is -2.42. The van der Waals surface area contributed by atoms with Gasteiger partial charge in [-0.25, -0.2) is 5.84 Å². The van der Waals surface area contributed by atoms with Gasteiger partial charge in [0.1, 0.15) is 0 Å². The fraction of sp³-hybridized carbons (Fsp3) is 0.222. The number of fused-ring (bicyclic) bond motifs is 1. The molecule has 0 fully saturated rings. The van der Waals surface area contributed by atoms with Crippen LogP contribution in [0.15, 0.2) is 18.2 Å². The molecule has 13 heavy (non-hydrogen) atoms. The minimum Gasteiger partial charge on any atom is -0.399 e. The molecule has 1 aliphatic rings. The highest BCUT2D eigenvalue weighted by atomic mass is 16.2. The van der Waals surface area contributed by atoms with Gasteiger partial charge in [-0.1, -0.05) is 0 Å². The lowest BCUT2D eigenvalue weighted by Gasteiger charge is -2.24. The predicted molar refractivity (Wildman–Crippen MR) is 49.8 cm³/mol. The Morgan fingerprint density at radius 2 is 2.15 bits per heavy atom. The van der Waals surface area contributed by atoms with Crippen molar-refractivity contribution in [1.29, 1.82) is 0 Å². The fourth-order valence-corrected chi connectivity index (χ4v) is 1.53. The Bertz CT molecular complexity index is 362. The first kappa shape index (κ1) is 8.07. The molecule has 1 aliphatic heterocycles. The van der Waals surface area contributed by atoms with Gasteiger partial charge < -0.3 is 5.73 Å². The molecule has 0 aromatic heterocycles. The molecule has 68 valence electrons. The van der Waals surface area contributed by atoms with Crippen LogP contribution in [0.1, 0.15) is 15.9 Å². The van der Waals surface area contributed by atoms with E-state index < -0.39 is 0 Å². The highest BCUT2D eigenvalue weighted by Crippen LogP contribution is 2.19. The van der Waals surface area contributed by atoms with Crippen LogP contribution in [0.2, 0.25) is 0 Å². The van der Waals surface area contributed by atoms with Gasteiger partial charge >= 0.3 is 0 Å². The van der Waals surface area contributed by atoms with Gasteiger partial charge in [0.15, 0.2) is 0 Å². The van der Waals surface area contributed by atoms with Crippen LogP contribution in [0.5, 0.6) is 0 Å². The number of anilines is 1. The third-order valence-electron chi connectivity index (χ3n) is 2.24. The number of carbonyl (C=O) groups is 1. The molecule has 0 radical (unpaired) electrons. The molecule has 2 rings (SSSR count). The largest absolute Gasteiger partial charge is 0.399 e. The van der Waals surface area contributed by atoms with Gasteiger partial charge in [-0.2, -0.15) is 0 Å². The van der Waals surface area contributed by atoms with E-state index in [1.165, 1.54) is 5.01 Å². The van der Waals surface area contributed by atoms with E-state index in [2.05, 4.69) is 0 Å². The van der Waals surface area contributed by atoms with E-state index in [9.17, 15) is 4.79 Å². The average molecular weight is 177 g/mol. The summed E-state index contributed by atoms with van der Waals surface area (Å²) in [4.78, 5) is 11.5. The van der Waals surface area contributed by atoms with E-state index >= 15 is 0 Å². The number of benzene rings is 1. The van der Waals surface area contributed by atoms with Gasteiger partial charge in [-0.3, -0.25) is 9.80 Å². The van der Waals surface area contributed by atoms with E-state index in [1.807, 2.05) is 6.07 Å². The molecule has 0 spiro atoms. The molecule has 0 unspecified atom stereocenters. The Labute approximate surface area is 76.1 Å². The summed E-state index contributed by atoms with van der Waals surface area (Å²) in [5.74, 6) is 5.36. The summed E-state index contributed by atoms with van der Waals surface area (Å²) >= 11 is 0. The molecular weight excluding hydrogens is 166 g/mol. The zero-order valence-corrected chi connectivity index (χ0v) is 7.16. The molecule has 1 heterocycles. The molecule has 0 bridgehead atoms. The van der Waals surface area contributed by atoms with Gasteiger partial charge in [-0.05, 0) is 30.2 Å². The zero-order chi connectivity index (χ0) is 9.42. The van der Waals surface area contributed by atoms with Crippen LogP contribution >= 0.6 is 0 Å². The summed E-state index contributed by atoms with van der Waals surface area (Å²) in [5.41, 5.74) is 7.96. The van der Waals surface area contributed by atoms with E-state index in [1.54, 1.807) is 12.1 Å². The highest BCUT2D eigenvalue weighted by Gasteiger charge is 2.21. The summed E-state index contributed by atoms with van der Waals surface area (Å²) in [7, 11) is 0. The van der Waals surface area contributed by atoms with E-state index in [4.69, 9.17) is 11.6 Å². The van der Waals surface area contributed by atoms with Crippen molar-refractivity contribution in [2.45, 2.75) is 6.42 Å². The third-order valence-corrected chi connectivity index (χ3v) is 2.24. The number of nitrogens with two attached hydrogens (primary N) is 2. The van der Waals surface area contributed by atoms with Gasteiger partial charge in [0.2, 0.25) is 0 Å². The number of nitrogen functional groups attached to an aromatic ring is 1. The first-order chi connectivity index (χ1) is 6.18. The molecule has 4 heteroatoms. The zero-order valence-electron chi connectivity index (χ0n) is 7.16. The molecule has 4 nitrogen and oxygen atoms in total. The van der Waals surface area contributed by atoms with Crippen molar-refractivity contribution in [3.63, 3.8) is 0 Å². The second-order valence-electron chi connectivity index (χ2n) is 3.17. The van der Waals surface area contributed by atoms with Crippen molar-refractivity contribution in [3.8, 4) is 0 Å². The Hall–Kier alpha value is -1.55. The molecule has 0 atom stereocenters. The van der Waals surface area contributed by atoms with Crippen LogP contribution in [-0.4, -0.2) is 17.5 Å². The standard InChI is InChI=1S/C9H11N3O/c10-7-1-2-8-6(5-7)3-4-12(11)9(8)13/h1-2,5H,3-4,10-11H2. The molecule has 1 aromatic rings. The minimum absolute atomic E-state index is 0.124. The van der Waals surface area contributed by atoms with Crippen LogP contribution < -0.4 is 11.6 Å². The van der Waals surface area contributed by atoms with E-state index in [-0.39, 0.29) is 5.91 Å². The lowest BCUT2D eigenvalue weighted by molar-refractivity contribution is 0.0740. The fourth-order valence-electron chi connectivity index (χ4n) is 1.53. The first-order valence-electron chi connectivity index (χ1n) is 4.13. The molecular formula is C9H11N3O. The van der Waals surface area contributed by atoms with Crippen molar-refractivity contribution in [3.05, 3.63) is 29.3 Å². The summed E-state index contributed by atoms with van der Waals surface area (Å²) < 4.78 is 0. The number of nitrogens with zero attached hydrogens (tertiary/aromatic N) is 1. The SMILES string of the molecule is Nc1ccc2c(c1)CCN(N)C2=O. The van der Waals surface area contributed by atoms with Gasteiger partial charge in [0.25, 0.3) is 5.91 Å². The average Bonchev–Trinajstić information content (AvgIpc) is 2.12. The number of amides is 1. The Balaban J connectivity index is 2.50. The maximum Gasteiger partial charge on any atom is 0.268 e. The topological polar surface area (TPSA) is 72.3 Å². The van der Waals surface area contributed by atoms with Crippen molar-refractivity contribution in [2.75, 3.05) is 12.3 Å². The molecule has 4 N–H and O–H groups in total. The van der Waals surface area contributed by atoms with Gasteiger partial charge in [-0.15, -0.1) is 0 Å². The summed E-state index contributed by atoms with van der Waals surface area (Å²) in [6, 6.07) is 5.28. The lowest BCUT2D eigenvalue weighted by atomic mass is 9.99. The first-order valence-corrected chi connectivity index (χ1v) is 4.13. The molecule has 0 saturated heterocycles. The molecule has 1 amide bonds. The summed E-state index contributed by atoms with van der Waals surface area (Å²) in [6.45, 7) is 0.565. The predicted octanol–water partition coefficient (Wildman–Crippen LogP) is 0.141. The molecule has 0 aliphatic carbocycles. The van der Waals surface area contributed by atoms with E-state index in [0.29, 0.717) is 17.8 Å². The Morgan fingerprint density at radius 3 is 2.92 bits per heavy atom. The van der Waals surface area contributed by atoms with Crippen molar-refractivity contribution in [2.24, 2.45) is 5.84 Å². The second kappa shape index (κ2) is 2.74. The van der Waals surface area contributed by atoms with E-state index in [0.717, 1.165) is 12.0 Å². The van der Waals surface area contributed by atoms with Gasteiger partial charge in [0.05, 0.1) is 0 Å². The third kappa shape index (κ3) is 1.25. The molecule has 1 aromatic carbocycles. The number of carbonyl (C=O) groups excluding carboxylic acids is 1. The smallest absolute Gasteiger partial charge is 0.268 e. The van der Waals surface area contributed by atoms with Crippen LogP contribution in [-0.2, 0) is 6.42 Å². The minimum atomic E-state index is -0.124. The van der Waals surface area contributed by atoms with Crippen molar-refractivity contribution >= 4 is 11.6 Å². The second-order valence-corrected chi connectivity index (χ2v) is 3.17. The number of rotatable bonds is 0. The highest BCUT2D eigenvalue weighted by molar-refractivity contribution is 5.96. The van der Waals surface area contributed by atoms with Crippen LogP contribution in [0.4, 0.5) is 5.69 Å². The number of hydrogen-bond donors (Lipinski definition) is 2. The molecule has 0 saturated carbocycles. The van der Waals surface area contributed by atoms with Crippen molar-refractivity contribution in [1.82, 2.24) is 5.01 Å². The maximum atomic E-state index is 11.5. The quantitative estimate of drug-likeness (QED) is 0.336. The number of hydrogen-bond acceptors (Lipinski definition) is 3. The Kier molecular flexibility index (Phi) is 1.70. The van der Waals surface area contributed by atoms with Crippen LogP contribution in [0, 0.1) is 0 Å². The number of hydrazine groups is 1. The van der Waals surface area contributed by atoms with Gasteiger partial charge in [0, 0.05) is 17.8 Å². The van der Waals surface area contributed by atoms with Crippen LogP contribution in [0.3, 0.4) is 0 Å². The Morgan fingerprint density at radius 1 is 1.38 bits per heavy atom. The summed E-state index contributed by atoms with van der Waals surface area (Å²) in [6.07, 6.45) is 0.780. The monoisotopic (exact) mass is 177 g/mol. The normalized spacial score (nSPS) is 15.8.